The quantitative estimate of drug-likeness (QED) is 0.470. The van der Waals surface area contributed by atoms with Gasteiger partial charge in [0.05, 0.1) is 38.5 Å². The average Bonchev–Trinajstić information content (AvgIpc) is 3.03. The topological polar surface area (TPSA) is 102 Å². The van der Waals surface area contributed by atoms with E-state index in [0.29, 0.717) is 11.0 Å². The van der Waals surface area contributed by atoms with Crippen molar-refractivity contribution in [3.63, 3.8) is 0 Å². The lowest BCUT2D eigenvalue weighted by Gasteiger charge is -2.31. The summed E-state index contributed by atoms with van der Waals surface area (Å²) < 4.78 is 50.5. The molecule has 0 N–H and O–H groups in total. The first-order valence-corrected chi connectivity index (χ1v) is 12.2. The largest absolute Gasteiger partial charge is 0.347 e. The van der Waals surface area contributed by atoms with Crippen LogP contribution in [0.3, 0.4) is 0 Å². The van der Waals surface area contributed by atoms with Crippen LogP contribution >= 0.6 is 15.2 Å². The predicted molar refractivity (Wildman–Crippen MR) is 103 cm³/mol. The molecule has 0 spiro atoms. The first-order valence-electron chi connectivity index (χ1n) is 8.99. The zero-order chi connectivity index (χ0) is 19.9. The van der Waals surface area contributed by atoms with E-state index in [2.05, 4.69) is 10.3 Å². The normalized spacial score (nSPS) is 12.9. The highest BCUT2D eigenvalue weighted by Gasteiger charge is 2.51. The first kappa shape index (κ1) is 22.2. The third kappa shape index (κ3) is 5.05. The molecule has 0 amide bonds. The molecule has 11 heteroatoms. The second-order valence-corrected chi connectivity index (χ2v) is 10.3. The Labute approximate surface area is 159 Å². The van der Waals surface area contributed by atoms with E-state index >= 15 is 0 Å². The molecule has 0 aliphatic carbocycles. The van der Waals surface area contributed by atoms with Crippen LogP contribution in [-0.2, 0) is 33.8 Å². The Hall–Kier alpha value is -1.08. The van der Waals surface area contributed by atoms with Gasteiger partial charge in [-0.1, -0.05) is 17.3 Å². The highest BCUT2D eigenvalue weighted by atomic mass is 31.2. The van der Waals surface area contributed by atoms with Crippen molar-refractivity contribution in [3.05, 3.63) is 24.3 Å². The second-order valence-electron chi connectivity index (χ2n) is 5.49. The minimum absolute atomic E-state index is 0.0466. The smallest absolute Gasteiger partial charge is 0.308 e. The van der Waals surface area contributed by atoms with Crippen LogP contribution in [0.2, 0.25) is 0 Å². The van der Waals surface area contributed by atoms with Gasteiger partial charge in [0.1, 0.15) is 5.52 Å². The van der Waals surface area contributed by atoms with Crippen molar-refractivity contribution < 1.29 is 27.2 Å². The minimum atomic E-state index is -3.83. The molecule has 2 aromatic rings. The Morgan fingerprint density at radius 2 is 1.37 bits per heavy atom. The van der Waals surface area contributed by atoms with Crippen LogP contribution in [0.5, 0.6) is 0 Å². The van der Waals surface area contributed by atoms with E-state index in [1.54, 1.807) is 27.7 Å². The molecular formula is C16H27N3O6P2. The second kappa shape index (κ2) is 9.92. The summed E-state index contributed by atoms with van der Waals surface area (Å²) in [6.45, 7) is 7.25. The zero-order valence-corrected chi connectivity index (χ0v) is 17.9. The van der Waals surface area contributed by atoms with E-state index in [4.69, 9.17) is 18.1 Å². The van der Waals surface area contributed by atoms with Gasteiger partial charge in [-0.05, 0) is 39.8 Å². The van der Waals surface area contributed by atoms with Crippen molar-refractivity contribution in [1.82, 2.24) is 15.0 Å². The van der Waals surface area contributed by atoms with E-state index in [9.17, 15) is 9.13 Å². The van der Waals surface area contributed by atoms with Gasteiger partial charge in [0.15, 0.2) is 5.40 Å². The maximum atomic E-state index is 13.5. The molecule has 0 saturated carbocycles. The summed E-state index contributed by atoms with van der Waals surface area (Å²) in [5, 5.41) is 7.02. The van der Waals surface area contributed by atoms with Crippen LogP contribution in [0.1, 0.15) is 27.7 Å². The van der Waals surface area contributed by atoms with Gasteiger partial charge in [-0.15, -0.1) is 5.10 Å². The van der Waals surface area contributed by atoms with Gasteiger partial charge in [0.2, 0.25) is 0 Å². The third-order valence-electron chi connectivity index (χ3n) is 3.72. The maximum Gasteiger partial charge on any atom is 0.347 e. The van der Waals surface area contributed by atoms with Gasteiger partial charge in [-0.2, -0.15) is 0 Å². The Balaban J connectivity index is 2.54. The van der Waals surface area contributed by atoms with E-state index in [-0.39, 0.29) is 33.0 Å². The van der Waals surface area contributed by atoms with Crippen molar-refractivity contribution in [3.8, 4) is 0 Å². The molecule has 0 unspecified atom stereocenters. The number of para-hydroxylation sites is 1. The number of nitrogens with zero attached hydrogens (tertiary/aromatic N) is 3. The van der Waals surface area contributed by atoms with E-state index < -0.39 is 20.6 Å². The number of rotatable bonds is 12. The molecule has 152 valence electrons. The number of aromatic nitrogens is 3. The lowest BCUT2D eigenvalue weighted by Crippen LogP contribution is -2.23. The monoisotopic (exact) mass is 419 g/mol. The summed E-state index contributed by atoms with van der Waals surface area (Å²) in [7, 11) is -7.66. The average molecular weight is 419 g/mol. The van der Waals surface area contributed by atoms with Crippen molar-refractivity contribution in [2.24, 2.45) is 0 Å². The van der Waals surface area contributed by atoms with Crippen molar-refractivity contribution in [2.45, 2.75) is 39.6 Å². The molecule has 0 aliphatic rings. The Kier molecular flexibility index (Phi) is 8.16. The Bertz CT molecular complexity index is 777. The van der Waals surface area contributed by atoms with Gasteiger partial charge in [0, 0.05) is 0 Å². The highest BCUT2D eigenvalue weighted by molar-refractivity contribution is 7.72. The number of benzene rings is 1. The Morgan fingerprint density at radius 1 is 0.889 bits per heavy atom. The molecule has 0 atom stereocenters. The van der Waals surface area contributed by atoms with Crippen LogP contribution in [0, 0.1) is 0 Å². The van der Waals surface area contributed by atoms with Crippen LogP contribution < -0.4 is 0 Å². The molecule has 27 heavy (non-hydrogen) atoms. The SMILES string of the molecule is CCOP(=O)(OCC)C(Cn1nnc2ccccc21)P(=O)(OCC)OCC. The fourth-order valence-corrected chi connectivity index (χ4v) is 7.89. The number of fused-ring (bicyclic) bond motifs is 1. The summed E-state index contributed by atoms with van der Waals surface area (Å²) in [5.41, 5.74) is 1.38. The molecular weight excluding hydrogens is 392 g/mol. The van der Waals surface area contributed by atoms with Crippen LogP contribution in [0.15, 0.2) is 24.3 Å². The minimum Gasteiger partial charge on any atom is -0.308 e. The fraction of sp³-hybridized carbons (Fsp3) is 0.625. The zero-order valence-electron chi connectivity index (χ0n) is 16.1. The van der Waals surface area contributed by atoms with Gasteiger partial charge >= 0.3 is 15.2 Å². The summed E-state index contributed by atoms with van der Waals surface area (Å²) in [4.78, 5) is 0. The molecule has 0 radical (unpaired) electrons. The van der Waals surface area contributed by atoms with Crippen LogP contribution in [0.25, 0.3) is 11.0 Å². The Morgan fingerprint density at radius 3 is 1.85 bits per heavy atom. The van der Waals surface area contributed by atoms with Crippen LogP contribution in [-0.4, -0.2) is 46.8 Å². The molecule has 1 aromatic carbocycles. The molecule has 1 aromatic heterocycles. The number of hydrogen-bond acceptors (Lipinski definition) is 8. The van der Waals surface area contributed by atoms with Gasteiger partial charge in [0.25, 0.3) is 0 Å². The van der Waals surface area contributed by atoms with Crippen LogP contribution in [0.4, 0.5) is 0 Å². The van der Waals surface area contributed by atoms with E-state index in [1.165, 1.54) is 4.68 Å². The van der Waals surface area contributed by atoms with E-state index in [1.807, 2.05) is 24.3 Å². The highest BCUT2D eigenvalue weighted by Crippen LogP contribution is 2.70. The van der Waals surface area contributed by atoms with Crippen molar-refractivity contribution in [1.29, 1.82) is 0 Å². The molecule has 2 rings (SSSR count). The molecule has 0 aliphatic heterocycles. The third-order valence-corrected chi connectivity index (χ3v) is 9.68. The number of hydrogen-bond donors (Lipinski definition) is 0. The predicted octanol–water partition coefficient (Wildman–Crippen LogP) is 4.29. The molecule has 0 saturated heterocycles. The van der Waals surface area contributed by atoms with E-state index in [0.717, 1.165) is 0 Å². The first-order chi connectivity index (χ1) is 12.9. The summed E-state index contributed by atoms with van der Waals surface area (Å²) in [5.74, 6) is 0. The summed E-state index contributed by atoms with van der Waals surface area (Å²) >= 11 is 0. The van der Waals surface area contributed by atoms with Gasteiger partial charge < -0.3 is 18.1 Å². The summed E-state index contributed by atoms with van der Waals surface area (Å²) in [6.07, 6.45) is 0. The van der Waals surface area contributed by atoms with Crippen molar-refractivity contribution in [2.75, 3.05) is 26.4 Å². The van der Waals surface area contributed by atoms with Gasteiger partial charge in [-0.25, -0.2) is 4.68 Å². The maximum absolute atomic E-state index is 13.5. The summed E-state index contributed by atoms with van der Waals surface area (Å²) in [6, 6.07) is 7.32. The molecule has 9 nitrogen and oxygen atoms in total. The molecule has 0 bridgehead atoms. The standard InChI is InChI=1S/C16H27N3O6P2/c1-5-22-26(20,23-6-2)16(27(21,24-7-3)25-8-4)13-19-15-12-10-9-11-14(15)17-18-19/h9-12,16H,5-8,13H2,1-4H3. The molecule has 1 heterocycles. The lowest BCUT2D eigenvalue weighted by atomic mass is 10.3. The lowest BCUT2D eigenvalue weighted by molar-refractivity contribution is 0.192. The molecule has 0 fully saturated rings. The van der Waals surface area contributed by atoms with Gasteiger partial charge in [-0.3, -0.25) is 9.13 Å². The van der Waals surface area contributed by atoms with Crippen molar-refractivity contribution >= 4 is 26.2 Å². The fourth-order valence-electron chi connectivity index (χ4n) is 2.72.